The smallest absolute Gasteiger partial charge is 0.311 e. The zero-order valence-electron chi connectivity index (χ0n) is 48.6. The van der Waals surface area contributed by atoms with Crippen molar-refractivity contribution >= 4 is 80.6 Å². The Bertz CT molecular complexity index is 3290. The van der Waals surface area contributed by atoms with Crippen molar-refractivity contribution in [2.45, 2.75) is 143 Å². The standard InChI is InChI=1S/C66H74N4O11/c1-41(76-55(71)29-31-57(73)78-45-25-21-43-23-27-53-59(47(43)33-45)67-37-65(80-53)63(9,10)49-17-13-15-19-51(49)69(65)39-61(3,4)5)35-75-36-42(2)77-56(72)30-32-58(74)79-46-26-22-44-24-28-54-60(48(44)34-46)68-38-66(81-54)64(11,12)50-18-14-16-20-52(50)70(66)40-62(6,7)8/h13-28,33-34,37-38,41-42H,29-32,35-36,39-40H2,1-12H3. The van der Waals surface area contributed by atoms with Crippen molar-refractivity contribution in [2.24, 2.45) is 20.8 Å². The largest absolute Gasteiger partial charge is 0.460 e. The number of anilines is 2. The van der Waals surface area contributed by atoms with Gasteiger partial charge < -0.3 is 43.0 Å². The monoisotopic (exact) mass is 1100 g/mol. The van der Waals surface area contributed by atoms with Gasteiger partial charge in [0.05, 0.1) is 62.2 Å². The topological polar surface area (TPSA) is 164 Å². The van der Waals surface area contributed by atoms with Crippen LogP contribution in [-0.4, -0.2) is 86.3 Å². The molecular weight excluding hydrogens is 1020 g/mol. The summed E-state index contributed by atoms with van der Waals surface area (Å²) >= 11 is 0. The van der Waals surface area contributed by atoms with Gasteiger partial charge in [0.15, 0.2) is 0 Å². The maximum atomic E-state index is 13.0. The van der Waals surface area contributed by atoms with Gasteiger partial charge in [0.2, 0.25) is 11.4 Å². The van der Waals surface area contributed by atoms with Crippen LogP contribution in [0.1, 0.15) is 120 Å². The number of hydrogen-bond donors (Lipinski definition) is 0. The lowest BCUT2D eigenvalue weighted by molar-refractivity contribution is -0.156. The van der Waals surface area contributed by atoms with Crippen molar-refractivity contribution in [2.75, 3.05) is 36.1 Å². The van der Waals surface area contributed by atoms with Gasteiger partial charge in [-0.05, 0) is 123 Å². The molecule has 0 aliphatic carbocycles. The fraction of sp³-hybridized carbons (Fsp3) is 0.424. The molecule has 6 aromatic carbocycles. The third kappa shape index (κ3) is 11.0. The molecule has 0 amide bonds. The summed E-state index contributed by atoms with van der Waals surface area (Å²) in [6.45, 7) is 26.9. The lowest BCUT2D eigenvalue weighted by Crippen LogP contribution is -2.63. The van der Waals surface area contributed by atoms with Gasteiger partial charge in [-0.3, -0.25) is 29.2 Å². The van der Waals surface area contributed by atoms with Crippen LogP contribution in [0.4, 0.5) is 22.7 Å². The van der Waals surface area contributed by atoms with Gasteiger partial charge in [-0.25, -0.2) is 0 Å². The molecule has 0 saturated heterocycles. The van der Waals surface area contributed by atoms with Crippen molar-refractivity contribution in [1.29, 1.82) is 0 Å². The van der Waals surface area contributed by atoms with E-state index in [0.29, 0.717) is 34.4 Å². The highest BCUT2D eigenvalue weighted by Gasteiger charge is 2.61. The third-order valence-corrected chi connectivity index (χ3v) is 15.6. The van der Waals surface area contributed by atoms with Crippen LogP contribution in [0.3, 0.4) is 0 Å². The minimum atomic E-state index is -0.873. The van der Waals surface area contributed by atoms with E-state index in [4.69, 9.17) is 43.1 Å². The number of fused-ring (bicyclic) bond motifs is 8. The summed E-state index contributed by atoms with van der Waals surface area (Å²) in [6.07, 6.45) is 1.72. The van der Waals surface area contributed by atoms with E-state index >= 15 is 0 Å². The molecule has 0 radical (unpaired) electrons. The molecule has 4 heterocycles. The molecule has 15 heteroatoms. The summed E-state index contributed by atoms with van der Waals surface area (Å²) in [6, 6.07) is 35.4. The van der Waals surface area contributed by atoms with Crippen molar-refractivity contribution in [3.8, 4) is 23.0 Å². The predicted octanol–water partition coefficient (Wildman–Crippen LogP) is 13.2. The molecule has 6 aromatic rings. The maximum Gasteiger partial charge on any atom is 0.311 e. The molecule has 0 fully saturated rings. The van der Waals surface area contributed by atoms with Crippen molar-refractivity contribution in [1.82, 2.24) is 0 Å². The molecule has 0 saturated carbocycles. The van der Waals surface area contributed by atoms with E-state index in [1.165, 1.54) is 11.1 Å². The highest BCUT2D eigenvalue weighted by Crippen LogP contribution is 2.57. The van der Waals surface area contributed by atoms with E-state index in [1.807, 2.05) is 48.8 Å². The van der Waals surface area contributed by atoms with Crippen LogP contribution in [0.25, 0.3) is 21.5 Å². The molecule has 4 aliphatic heterocycles. The molecule has 4 unspecified atom stereocenters. The molecule has 4 aliphatic rings. The minimum absolute atomic E-state index is 0.0212. The van der Waals surface area contributed by atoms with Gasteiger partial charge in [-0.15, -0.1) is 0 Å². The summed E-state index contributed by atoms with van der Waals surface area (Å²) in [7, 11) is 0. The quantitative estimate of drug-likeness (QED) is 0.0665. The van der Waals surface area contributed by atoms with Gasteiger partial charge in [-0.2, -0.15) is 0 Å². The second kappa shape index (κ2) is 21.3. The Morgan fingerprint density at radius 2 is 0.889 bits per heavy atom. The molecule has 10 rings (SSSR count). The van der Waals surface area contributed by atoms with Gasteiger partial charge in [0.25, 0.3) is 0 Å². The third-order valence-electron chi connectivity index (χ3n) is 15.6. The first-order valence-corrected chi connectivity index (χ1v) is 28.0. The van der Waals surface area contributed by atoms with E-state index in [1.54, 1.807) is 38.1 Å². The fourth-order valence-electron chi connectivity index (χ4n) is 11.7. The van der Waals surface area contributed by atoms with Crippen LogP contribution in [0.15, 0.2) is 119 Å². The highest BCUT2D eigenvalue weighted by molar-refractivity contribution is 6.02. The van der Waals surface area contributed by atoms with Crippen molar-refractivity contribution in [3.05, 3.63) is 120 Å². The Balaban J connectivity index is 0.659. The number of carbonyl (C=O) groups is 4. The lowest BCUT2D eigenvalue weighted by atomic mass is 9.77. The molecule has 0 bridgehead atoms. The first-order valence-electron chi connectivity index (χ1n) is 28.0. The Hall–Kier alpha value is -7.78. The molecule has 424 valence electrons. The number of para-hydroxylation sites is 2. The van der Waals surface area contributed by atoms with E-state index < -0.39 is 58.4 Å². The molecular formula is C66H74N4O11. The second-order valence-corrected chi connectivity index (χ2v) is 25.4. The molecule has 81 heavy (non-hydrogen) atoms. The summed E-state index contributed by atoms with van der Waals surface area (Å²) in [5.41, 5.74) is 3.23. The van der Waals surface area contributed by atoms with E-state index in [9.17, 15) is 19.2 Å². The Morgan fingerprint density at radius 3 is 1.28 bits per heavy atom. The number of aliphatic imine (C=N–C) groups is 2. The second-order valence-electron chi connectivity index (χ2n) is 25.4. The SMILES string of the molecule is CC(COCC(C)OC(=O)CCC(=O)Oc1ccc2ccc3c(c2c1)N=CC1(O3)N(CC(C)(C)C)c2ccccc2C1(C)C)OC(=O)CCC(=O)Oc1ccc2ccc3c(c2c1)N=CC1(O3)N(CC(C)(C)C)c2ccccc2C1(C)C. The molecule has 2 spiro atoms. The van der Waals surface area contributed by atoms with Crippen LogP contribution in [0, 0.1) is 10.8 Å². The Labute approximate surface area is 474 Å². The van der Waals surface area contributed by atoms with Crippen LogP contribution in [0.2, 0.25) is 0 Å². The van der Waals surface area contributed by atoms with E-state index in [2.05, 4.69) is 128 Å². The average Bonchev–Trinajstić information content (AvgIpc) is 3.98. The van der Waals surface area contributed by atoms with E-state index in [-0.39, 0.29) is 49.7 Å². The number of hydrogen-bond acceptors (Lipinski definition) is 15. The predicted molar refractivity (Wildman–Crippen MR) is 315 cm³/mol. The summed E-state index contributed by atoms with van der Waals surface area (Å²) in [4.78, 5) is 66.4. The first kappa shape index (κ1) is 56.5. The van der Waals surface area contributed by atoms with Gasteiger partial charge in [-0.1, -0.05) is 102 Å². The van der Waals surface area contributed by atoms with E-state index in [0.717, 1.165) is 46.0 Å². The maximum absolute atomic E-state index is 13.0. The Morgan fingerprint density at radius 1 is 0.519 bits per heavy atom. The minimum Gasteiger partial charge on any atom is -0.460 e. The summed E-state index contributed by atoms with van der Waals surface area (Å²) in [5, 5.41) is 3.32. The molecule has 0 N–H and O–H groups in total. The number of esters is 4. The van der Waals surface area contributed by atoms with Crippen molar-refractivity contribution < 1.29 is 52.3 Å². The van der Waals surface area contributed by atoms with Crippen LogP contribution < -0.4 is 28.7 Å². The van der Waals surface area contributed by atoms with Gasteiger partial charge in [0, 0.05) is 35.2 Å². The zero-order chi connectivity index (χ0) is 57.9. The highest BCUT2D eigenvalue weighted by atomic mass is 16.6. The number of ether oxygens (including phenoxy) is 7. The number of carbonyl (C=O) groups excluding carboxylic acids is 4. The van der Waals surface area contributed by atoms with Crippen molar-refractivity contribution in [3.63, 3.8) is 0 Å². The van der Waals surface area contributed by atoms with Gasteiger partial charge >= 0.3 is 23.9 Å². The molecule has 15 nitrogen and oxygen atoms in total. The molecule has 0 aromatic heterocycles. The summed E-state index contributed by atoms with van der Waals surface area (Å²) < 4.78 is 42.2. The number of benzene rings is 6. The zero-order valence-corrected chi connectivity index (χ0v) is 48.6. The first-order chi connectivity index (χ1) is 38.3. The summed E-state index contributed by atoms with van der Waals surface area (Å²) in [5.74, 6) is -0.508. The van der Waals surface area contributed by atoms with Crippen LogP contribution >= 0.6 is 0 Å². The molecule has 4 atom stereocenters. The fourth-order valence-corrected chi connectivity index (χ4v) is 11.7. The normalized spacial score (nSPS) is 19.8. The van der Waals surface area contributed by atoms with Crippen LogP contribution in [0.5, 0.6) is 23.0 Å². The Kier molecular flexibility index (Phi) is 14.8. The number of nitrogens with zero attached hydrogens (tertiary/aromatic N) is 4. The van der Waals surface area contributed by atoms with Crippen LogP contribution in [-0.2, 0) is 44.2 Å². The lowest BCUT2D eigenvalue weighted by Gasteiger charge is -2.48. The van der Waals surface area contributed by atoms with Gasteiger partial charge in [0.1, 0.15) is 46.6 Å². The average molecular weight is 1100 g/mol. The number of rotatable bonds is 16.